The van der Waals surface area contributed by atoms with Crippen molar-refractivity contribution in [3.05, 3.63) is 18.4 Å². The summed E-state index contributed by atoms with van der Waals surface area (Å²) in [7, 11) is 0. The largest absolute Gasteiger partial charge is 0.383 e. The van der Waals surface area contributed by atoms with E-state index in [1.807, 2.05) is 0 Å². The van der Waals surface area contributed by atoms with Gasteiger partial charge in [0.1, 0.15) is 12.1 Å². The van der Waals surface area contributed by atoms with Crippen LogP contribution in [0.15, 0.2) is 17.0 Å². The summed E-state index contributed by atoms with van der Waals surface area (Å²) in [6.45, 7) is 6.56. The molecule has 3 heterocycles. The highest BCUT2D eigenvalue weighted by atomic mass is 16.5. The van der Waals surface area contributed by atoms with Gasteiger partial charge in [0.25, 0.3) is 0 Å². The van der Waals surface area contributed by atoms with Crippen LogP contribution in [-0.4, -0.2) is 38.1 Å². The Kier molecular flexibility index (Phi) is 3.83. The van der Waals surface area contributed by atoms with Gasteiger partial charge in [-0.05, 0) is 25.3 Å². The van der Waals surface area contributed by atoms with Gasteiger partial charge < -0.3 is 10.3 Å². The van der Waals surface area contributed by atoms with Gasteiger partial charge in [-0.2, -0.15) is 4.98 Å². The lowest BCUT2D eigenvalue weighted by Crippen LogP contribution is -2.27. The van der Waals surface area contributed by atoms with Crippen molar-refractivity contribution in [2.24, 2.45) is 5.92 Å². The second-order valence-electron chi connectivity index (χ2n) is 5.82. The van der Waals surface area contributed by atoms with Crippen LogP contribution in [0, 0.1) is 5.92 Å². The van der Waals surface area contributed by atoms with E-state index in [4.69, 9.17) is 10.3 Å². The third kappa shape index (κ3) is 2.87. The molecule has 0 spiro atoms. The number of hydrogen-bond acceptors (Lipinski definition) is 7. The number of likely N-dealkylation sites (tertiary alicyclic amines) is 1. The molecule has 0 unspecified atom stereocenters. The first-order chi connectivity index (χ1) is 10.1. The van der Waals surface area contributed by atoms with Crippen LogP contribution in [0.2, 0.25) is 0 Å². The molecule has 1 saturated heterocycles. The Morgan fingerprint density at radius 3 is 3.10 bits per heavy atom. The molecular formula is C14H20N6O. The lowest BCUT2D eigenvalue weighted by Gasteiger charge is -2.23. The average molecular weight is 288 g/mol. The third-order valence-corrected chi connectivity index (χ3v) is 3.67. The van der Waals surface area contributed by atoms with E-state index in [9.17, 15) is 0 Å². The molecule has 2 aromatic rings. The van der Waals surface area contributed by atoms with E-state index in [-0.39, 0.29) is 6.04 Å². The zero-order valence-corrected chi connectivity index (χ0v) is 12.4. The predicted octanol–water partition coefficient (Wildman–Crippen LogP) is 1.90. The number of hydrogen-bond donors (Lipinski definition) is 1. The first-order valence-electron chi connectivity index (χ1n) is 7.28. The maximum atomic E-state index is 5.83. The fraction of sp³-hybridized carbons (Fsp3) is 0.571. The SMILES string of the molecule is CC(C)CN1CCC[C@H]1c1nc(-c2cncnc2N)no1. The Hall–Kier alpha value is -2.02. The predicted molar refractivity (Wildman–Crippen MR) is 78.1 cm³/mol. The molecule has 112 valence electrons. The highest BCUT2D eigenvalue weighted by Gasteiger charge is 2.31. The van der Waals surface area contributed by atoms with Gasteiger partial charge in [-0.3, -0.25) is 4.90 Å². The van der Waals surface area contributed by atoms with Crippen LogP contribution in [0.5, 0.6) is 0 Å². The number of anilines is 1. The Bertz CT molecular complexity index is 611. The van der Waals surface area contributed by atoms with Crippen LogP contribution < -0.4 is 5.73 Å². The van der Waals surface area contributed by atoms with Crippen molar-refractivity contribution in [2.75, 3.05) is 18.8 Å². The molecule has 2 aromatic heterocycles. The summed E-state index contributed by atoms with van der Waals surface area (Å²) in [6, 6.07) is 0.208. The lowest BCUT2D eigenvalue weighted by atomic mass is 10.1. The van der Waals surface area contributed by atoms with Crippen LogP contribution in [0.3, 0.4) is 0 Å². The van der Waals surface area contributed by atoms with Crippen molar-refractivity contribution >= 4 is 5.82 Å². The van der Waals surface area contributed by atoms with E-state index >= 15 is 0 Å². The zero-order chi connectivity index (χ0) is 14.8. The number of nitrogens with zero attached hydrogens (tertiary/aromatic N) is 5. The molecule has 2 N–H and O–H groups in total. The minimum atomic E-state index is 0.208. The maximum Gasteiger partial charge on any atom is 0.244 e. The summed E-state index contributed by atoms with van der Waals surface area (Å²) in [5, 5.41) is 4.03. The normalized spacial score (nSPS) is 19.5. The molecule has 0 bridgehead atoms. The molecule has 1 fully saturated rings. The van der Waals surface area contributed by atoms with Gasteiger partial charge in [-0.25, -0.2) is 9.97 Å². The van der Waals surface area contributed by atoms with E-state index < -0.39 is 0 Å². The second kappa shape index (κ2) is 5.77. The fourth-order valence-corrected chi connectivity index (χ4v) is 2.78. The van der Waals surface area contributed by atoms with Gasteiger partial charge in [0, 0.05) is 12.7 Å². The molecule has 0 saturated carbocycles. The Morgan fingerprint density at radius 2 is 2.33 bits per heavy atom. The minimum Gasteiger partial charge on any atom is -0.383 e. The standard InChI is InChI=1S/C14H20N6O/c1-9(2)7-20-5-3-4-11(20)14-18-13(19-21-14)10-6-16-8-17-12(10)15/h6,8-9,11H,3-5,7H2,1-2H3,(H2,15,16,17)/t11-/m0/s1. The summed E-state index contributed by atoms with van der Waals surface area (Å²) in [5.41, 5.74) is 6.44. The average Bonchev–Trinajstić information content (AvgIpc) is 3.07. The minimum absolute atomic E-state index is 0.208. The van der Waals surface area contributed by atoms with Crippen molar-refractivity contribution in [3.63, 3.8) is 0 Å². The number of nitrogen functional groups attached to an aromatic ring is 1. The Morgan fingerprint density at radius 1 is 1.48 bits per heavy atom. The number of aromatic nitrogens is 4. The number of nitrogens with two attached hydrogens (primary N) is 1. The molecule has 1 aliphatic rings. The van der Waals surface area contributed by atoms with E-state index in [1.54, 1.807) is 6.20 Å². The first-order valence-corrected chi connectivity index (χ1v) is 7.28. The third-order valence-electron chi connectivity index (χ3n) is 3.67. The van der Waals surface area contributed by atoms with Gasteiger partial charge in [-0.1, -0.05) is 19.0 Å². The van der Waals surface area contributed by atoms with Crippen LogP contribution in [-0.2, 0) is 0 Å². The number of rotatable bonds is 4. The summed E-state index contributed by atoms with van der Waals surface area (Å²) in [6.07, 6.45) is 5.22. The fourth-order valence-electron chi connectivity index (χ4n) is 2.78. The summed E-state index contributed by atoms with van der Waals surface area (Å²) in [5.74, 6) is 2.10. The van der Waals surface area contributed by atoms with Crippen molar-refractivity contribution < 1.29 is 4.52 Å². The molecule has 1 atom stereocenters. The maximum absolute atomic E-state index is 5.83. The van der Waals surface area contributed by atoms with Crippen molar-refractivity contribution in [1.82, 2.24) is 25.0 Å². The summed E-state index contributed by atoms with van der Waals surface area (Å²) in [4.78, 5) is 14.8. The zero-order valence-electron chi connectivity index (χ0n) is 12.4. The molecule has 7 heteroatoms. The molecular weight excluding hydrogens is 268 g/mol. The topological polar surface area (TPSA) is 94.0 Å². The molecule has 0 aliphatic carbocycles. The van der Waals surface area contributed by atoms with Gasteiger partial charge in [-0.15, -0.1) is 0 Å². The smallest absolute Gasteiger partial charge is 0.244 e. The molecule has 3 rings (SSSR count). The van der Waals surface area contributed by atoms with E-state index in [1.165, 1.54) is 6.33 Å². The van der Waals surface area contributed by atoms with E-state index in [0.29, 0.717) is 29.0 Å². The first kappa shape index (κ1) is 13.9. The van der Waals surface area contributed by atoms with Gasteiger partial charge in [0.15, 0.2) is 0 Å². The summed E-state index contributed by atoms with van der Waals surface area (Å²) < 4.78 is 5.46. The van der Waals surface area contributed by atoms with Gasteiger partial charge in [0.2, 0.25) is 11.7 Å². The van der Waals surface area contributed by atoms with Crippen molar-refractivity contribution in [2.45, 2.75) is 32.7 Å². The molecule has 0 radical (unpaired) electrons. The Balaban J connectivity index is 1.83. The molecule has 7 nitrogen and oxygen atoms in total. The molecule has 1 aliphatic heterocycles. The summed E-state index contributed by atoms with van der Waals surface area (Å²) >= 11 is 0. The second-order valence-corrected chi connectivity index (χ2v) is 5.82. The van der Waals surface area contributed by atoms with Crippen LogP contribution in [0.1, 0.15) is 38.6 Å². The van der Waals surface area contributed by atoms with Crippen LogP contribution in [0.4, 0.5) is 5.82 Å². The highest BCUT2D eigenvalue weighted by Crippen LogP contribution is 2.32. The van der Waals surface area contributed by atoms with E-state index in [0.717, 1.165) is 25.9 Å². The van der Waals surface area contributed by atoms with E-state index in [2.05, 4.69) is 38.9 Å². The lowest BCUT2D eigenvalue weighted by molar-refractivity contribution is 0.189. The quantitative estimate of drug-likeness (QED) is 0.918. The Labute approximate surface area is 123 Å². The van der Waals surface area contributed by atoms with Crippen molar-refractivity contribution in [1.29, 1.82) is 0 Å². The monoisotopic (exact) mass is 288 g/mol. The molecule has 21 heavy (non-hydrogen) atoms. The molecule has 0 amide bonds. The highest BCUT2D eigenvalue weighted by molar-refractivity contribution is 5.66. The molecule has 0 aromatic carbocycles. The van der Waals surface area contributed by atoms with Crippen molar-refractivity contribution in [3.8, 4) is 11.4 Å². The van der Waals surface area contributed by atoms with Crippen LogP contribution >= 0.6 is 0 Å². The van der Waals surface area contributed by atoms with Crippen LogP contribution in [0.25, 0.3) is 11.4 Å². The van der Waals surface area contributed by atoms with Gasteiger partial charge >= 0.3 is 0 Å². The van der Waals surface area contributed by atoms with Gasteiger partial charge in [0.05, 0.1) is 11.6 Å².